The molecule has 5 nitrogen and oxygen atoms in total. The highest BCUT2D eigenvalue weighted by molar-refractivity contribution is 6.09. The predicted molar refractivity (Wildman–Crippen MR) is 212 cm³/mol. The summed E-state index contributed by atoms with van der Waals surface area (Å²) in [5.41, 5.74) is 10.8. The summed E-state index contributed by atoms with van der Waals surface area (Å²) in [5, 5.41) is 3.72. The molecule has 1 aliphatic rings. The van der Waals surface area contributed by atoms with Gasteiger partial charge in [0.1, 0.15) is 0 Å². The van der Waals surface area contributed by atoms with Crippen molar-refractivity contribution in [1.29, 1.82) is 0 Å². The number of hydrogen-bond acceptors (Lipinski definition) is 3. The van der Waals surface area contributed by atoms with Crippen LogP contribution in [0.2, 0.25) is 0 Å². The lowest BCUT2D eigenvalue weighted by Crippen LogP contribution is -2.05. The zero-order valence-corrected chi connectivity index (χ0v) is 28.4. The summed E-state index contributed by atoms with van der Waals surface area (Å²) in [6.07, 6.45) is 14.3. The Morgan fingerprint density at radius 3 is 1.90 bits per heavy atom. The van der Waals surface area contributed by atoms with Gasteiger partial charge in [-0.1, -0.05) is 122 Å². The van der Waals surface area contributed by atoms with Crippen LogP contribution in [0.15, 0.2) is 158 Å². The van der Waals surface area contributed by atoms with E-state index in [4.69, 9.17) is 15.0 Å². The first kappa shape index (κ1) is 30.5. The van der Waals surface area contributed by atoms with Crippen molar-refractivity contribution in [3.8, 4) is 34.2 Å². The van der Waals surface area contributed by atoms with Gasteiger partial charge in [0.2, 0.25) is 0 Å². The molecule has 51 heavy (non-hydrogen) atoms. The molecule has 5 heteroatoms. The molecule has 9 rings (SSSR count). The van der Waals surface area contributed by atoms with Crippen molar-refractivity contribution in [3.63, 3.8) is 0 Å². The number of fused-ring (bicyclic) bond motifs is 6. The maximum absolute atomic E-state index is 5.16. The highest BCUT2D eigenvalue weighted by Crippen LogP contribution is 2.38. The molecule has 3 heterocycles. The second kappa shape index (κ2) is 12.7. The van der Waals surface area contributed by atoms with Gasteiger partial charge in [-0.25, -0.2) is 15.0 Å². The Bertz CT molecular complexity index is 2670. The van der Waals surface area contributed by atoms with Crippen LogP contribution in [-0.2, 0) is 6.42 Å². The molecule has 0 N–H and O–H groups in total. The van der Waals surface area contributed by atoms with E-state index in [0.717, 1.165) is 51.9 Å². The van der Waals surface area contributed by atoms with Crippen LogP contribution in [0.4, 0.5) is 0 Å². The van der Waals surface area contributed by atoms with Gasteiger partial charge in [0.05, 0.1) is 16.6 Å². The molecular formula is C46H35N5. The molecule has 0 saturated carbocycles. The molecule has 0 radical (unpaired) electrons. The lowest BCUT2D eigenvalue weighted by Gasteiger charge is -2.17. The van der Waals surface area contributed by atoms with Gasteiger partial charge in [-0.15, -0.1) is 0 Å². The second-order valence-electron chi connectivity index (χ2n) is 12.8. The van der Waals surface area contributed by atoms with Crippen molar-refractivity contribution in [1.82, 2.24) is 24.1 Å². The Hall–Kier alpha value is -6.59. The van der Waals surface area contributed by atoms with Gasteiger partial charge >= 0.3 is 0 Å². The smallest absolute Gasteiger partial charge is 0.164 e. The Labute approximate surface area is 296 Å². The van der Waals surface area contributed by atoms with Gasteiger partial charge in [-0.3, -0.25) is 0 Å². The van der Waals surface area contributed by atoms with Crippen molar-refractivity contribution in [3.05, 3.63) is 175 Å². The third kappa shape index (κ3) is 5.22. The highest BCUT2D eigenvalue weighted by Gasteiger charge is 2.22. The molecule has 0 atom stereocenters. The van der Waals surface area contributed by atoms with Gasteiger partial charge < -0.3 is 9.13 Å². The number of hydrogen-bond donors (Lipinski definition) is 0. The first-order chi connectivity index (χ1) is 25.2. The van der Waals surface area contributed by atoms with Crippen LogP contribution in [0.5, 0.6) is 0 Å². The largest absolute Gasteiger partial charge is 0.309 e. The van der Waals surface area contributed by atoms with Crippen LogP contribution >= 0.6 is 0 Å². The van der Waals surface area contributed by atoms with E-state index in [1.165, 1.54) is 32.9 Å². The van der Waals surface area contributed by atoms with E-state index >= 15 is 0 Å². The lowest BCUT2D eigenvalue weighted by atomic mass is 10.0. The summed E-state index contributed by atoms with van der Waals surface area (Å²) in [6.45, 7) is 5.96. The minimum absolute atomic E-state index is 0.590. The van der Waals surface area contributed by atoms with Gasteiger partial charge in [-0.2, -0.15) is 0 Å². The first-order valence-corrected chi connectivity index (χ1v) is 17.4. The van der Waals surface area contributed by atoms with Crippen molar-refractivity contribution < 1.29 is 0 Å². The number of para-hydroxylation sites is 3. The predicted octanol–water partition coefficient (Wildman–Crippen LogP) is 11.4. The summed E-state index contributed by atoms with van der Waals surface area (Å²) < 4.78 is 4.78. The molecular weight excluding hydrogens is 623 g/mol. The summed E-state index contributed by atoms with van der Waals surface area (Å²) in [4.78, 5) is 15.3. The number of aromatic nitrogens is 5. The number of nitrogens with zero attached hydrogens (tertiary/aromatic N) is 5. The molecule has 1 aliphatic carbocycles. The fourth-order valence-corrected chi connectivity index (χ4v) is 7.51. The van der Waals surface area contributed by atoms with Gasteiger partial charge in [0.25, 0.3) is 0 Å². The fraction of sp³-hybridized carbons (Fsp3) is 0.0652. The molecule has 5 aromatic carbocycles. The summed E-state index contributed by atoms with van der Waals surface area (Å²) in [5.74, 6) is 1.81. The molecule has 0 bridgehead atoms. The average molecular weight is 658 g/mol. The van der Waals surface area contributed by atoms with Crippen molar-refractivity contribution in [2.75, 3.05) is 0 Å². The normalized spacial score (nSPS) is 13.1. The van der Waals surface area contributed by atoms with Crippen LogP contribution < -0.4 is 0 Å². The molecule has 0 fully saturated rings. The van der Waals surface area contributed by atoms with Gasteiger partial charge in [0.15, 0.2) is 17.5 Å². The quantitative estimate of drug-likeness (QED) is 0.160. The van der Waals surface area contributed by atoms with E-state index in [0.29, 0.717) is 17.5 Å². The minimum Gasteiger partial charge on any atom is -0.309 e. The van der Waals surface area contributed by atoms with Crippen LogP contribution in [0.3, 0.4) is 0 Å². The van der Waals surface area contributed by atoms with E-state index in [9.17, 15) is 0 Å². The minimum atomic E-state index is 0.590. The Morgan fingerprint density at radius 2 is 1.24 bits per heavy atom. The first-order valence-electron chi connectivity index (χ1n) is 17.4. The van der Waals surface area contributed by atoms with Gasteiger partial charge in [-0.05, 0) is 67.8 Å². The summed E-state index contributed by atoms with van der Waals surface area (Å²) in [6, 6.07) is 42.9. The Morgan fingerprint density at radius 1 is 0.647 bits per heavy atom. The zero-order valence-electron chi connectivity index (χ0n) is 28.4. The molecule has 244 valence electrons. The number of benzene rings is 5. The number of aryl methyl sites for hydroxylation is 1. The highest BCUT2D eigenvalue weighted by atomic mass is 15.0. The Kier molecular flexibility index (Phi) is 7.59. The number of allylic oxidation sites excluding steroid dienone is 6. The molecule has 0 saturated heterocycles. The van der Waals surface area contributed by atoms with E-state index in [1.54, 1.807) is 6.08 Å². The molecule has 8 aromatic rings. The van der Waals surface area contributed by atoms with Crippen LogP contribution in [0, 0.1) is 0 Å². The van der Waals surface area contributed by atoms with Crippen LogP contribution in [0.25, 0.3) is 78.5 Å². The molecule has 0 spiro atoms. The third-order valence-corrected chi connectivity index (χ3v) is 9.68. The third-order valence-electron chi connectivity index (χ3n) is 9.68. The van der Waals surface area contributed by atoms with E-state index < -0.39 is 0 Å². The van der Waals surface area contributed by atoms with Crippen molar-refractivity contribution in [2.24, 2.45) is 0 Å². The average Bonchev–Trinajstić information content (AvgIpc) is 3.71. The Balaban J connectivity index is 1.38. The maximum Gasteiger partial charge on any atom is 0.164 e. The van der Waals surface area contributed by atoms with Gasteiger partial charge in [0, 0.05) is 49.9 Å². The fourth-order valence-electron chi connectivity index (χ4n) is 7.51. The summed E-state index contributed by atoms with van der Waals surface area (Å²) >= 11 is 0. The zero-order chi connectivity index (χ0) is 34.3. The molecule has 0 unspecified atom stereocenters. The van der Waals surface area contributed by atoms with E-state index in [2.05, 4.69) is 119 Å². The lowest BCUT2D eigenvalue weighted by molar-refractivity contribution is 0.966. The van der Waals surface area contributed by atoms with Crippen molar-refractivity contribution >= 4 is 44.4 Å². The number of rotatable bonds is 7. The monoisotopic (exact) mass is 657 g/mol. The van der Waals surface area contributed by atoms with Crippen molar-refractivity contribution in [2.45, 2.75) is 19.8 Å². The van der Waals surface area contributed by atoms with Crippen LogP contribution in [0.1, 0.15) is 30.4 Å². The van der Waals surface area contributed by atoms with Crippen LogP contribution in [-0.4, -0.2) is 24.1 Å². The van der Waals surface area contributed by atoms with E-state index in [1.807, 2.05) is 55.5 Å². The summed E-state index contributed by atoms with van der Waals surface area (Å²) in [7, 11) is 0. The molecule has 3 aromatic heterocycles. The standard InChI is InChI=1S/C46H35N5/c1-3-16-31(17-4-2)44-47-45(32-18-6-5-7-19-32)49-46(48-44)33-28-34(50-40-24-12-8-20-36(40)37-21-9-13-25-41(37)50)30-35(29-33)51-42-26-14-10-22-38(42)39-23-11-15-27-43(39)51/h3-10,12-22,24-30H,1,11,23H2,2H3/b17-4-,31-16+. The topological polar surface area (TPSA) is 48.5 Å². The van der Waals surface area contributed by atoms with E-state index in [-0.39, 0.29) is 0 Å². The molecule has 0 amide bonds. The second-order valence-corrected chi connectivity index (χ2v) is 12.8. The SMILES string of the molecule is C=C/C=C(\C=C/C)c1nc(-c2ccccc2)nc(-c2cc(-n3c4c(c5ccccc53)CCC=C4)cc(-n3c4ccccc4c4ccccc43)c2)n1. The molecule has 0 aliphatic heterocycles. The maximum atomic E-state index is 5.16.